The molecule has 0 aliphatic rings. The highest BCUT2D eigenvalue weighted by atomic mass is 35.5. The number of phenolic OH excluding ortho intramolecular Hbond substituents is 1. The molecule has 0 fully saturated rings. The first-order valence-corrected chi connectivity index (χ1v) is 8.32. The lowest BCUT2D eigenvalue weighted by Crippen LogP contribution is -2.06. The van der Waals surface area contributed by atoms with Gasteiger partial charge in [0.15, 0.2) is 9.84 Å². The maximum Gasteiger partial charge on any atom is 0.192 e. The molecule has 0 amide bonds. The molecule has 4 nitrogen and oxygen atoms in total. The molecule has 0 unspecified atom stereocenters. The van der Waals surface area contributed by atoms with E-state index in [0.29, 0.717) is 10.6 Å². The van der Waals surface area contributed by atoms with Crippen molar-refractivity contribution in [1.82, 2.24) is 0 Å². The van der Waals surface area contributed by atoms with Crippen molar-refractivity contribution in [1.29, 1.82) is 5.26 Å². The number of para-hydroxylation sites is 1. The van der Waals surface area contributed by atoms with E-state index < -0.39 is 14.7 Å². The number of nitriles is 1. The molecular weight excluding hydrogens is 322 g/mol. The van der Waals surface area contributed by atoms with Crippen molar-refractivity contribution >= 4 is 27.5 Å². The molecule has 2 aromatic carbocycles. The SMILES string of the molecule is N#CC(=Cc1ccccc1O)S(=O)(=O)Cc1ccc(Cl)cc1. The van der Waals surface area contributed by atoms with Gasteiger partial charge in [-0.15, -0.1) is 0 Å². The molecule has 6 heteroatoms. The topological polar surface area (TPSA) is 78.2 Å². The Labute approximate surface area is 133 Å². The number of nitrogens with zero attached hydrogens (tertiary/aromatic N) is 1. The first-order chi connectivity index (χ1) is 10.4. The third-order valence-corrected chi connectivity index (χ3v) is 4.78. The summed E-state index contributed by atoms with van der Waals surface area (Å²) in [5, 5.41) is 19.3. The number of hydrogen-bond donors (Lipinski definition) is 1. The van der Waals surface area contributed by atoms with Crippen LogP contribution in [0.4, 0.5) is 0 Å². The lowest BCUT2D eigenvalue weighted by Gasteiger charge is -2.04. The number of rotatable bonds is 4. The van der Waals surface area contributed by atoms with Gasteiger partial charge in [0.25, 0.3) is 0 Å². The predicted molar refractivity (Wildman–Crippen MR) is 85.8 cm³/mol. The van der Waals surface area contributed by atoms with Crippen LogP contribution in [0.1, 0.15) is 11.1 Å². The van der Waals surface area contributed by atoms with Crippen LogP contribution >= 0.6 is 11.6 Å². The molecule has 0 aliphatic heterocycles. The van der Waals surface area contributed by atoms with Gasteiger partial charge in [0.05, 0.1) is 5.75 Å². The maximum absolute atomic E-state index is 12.3. The highest BCUT2D eigenvalue weighted by Gasteiger charge is 2.19. The van der Waals surface area contributed by atoms with E-state index in [1.807, 2.05) is 0 Å². The Bertz CT molecular complexity index is 850. The summed E-state index contributed by atoms with van der Waals surface area (Å²) in [6, 6.07) is 14.3. The predicted octanol–water partition coefficient (Wildman–Crippen LogP) is 3.53. The fraction of sp³-hybridized carbons (Fsp3) is 0.0625. The summed E-state index contributed by atoms with van der Waals surface area (Å²) in [6.07, 6.45) is 1.17. The van der Waals surface area contributed by atoms with E-state index in [1.54, 1.807) is 42.5 Å². The van der Waals surface area contributed by atoms with Gasteiger partial charge in [-0.3, -0.25) is 0 Å². The van der Waals surface area contributed by atoms with Crippen LogP contribution in [0.2, 0.25) is 5.02 Å². The van der Waals surface area contributed by atoms with Crippen LogP contribution < -0.4 is 0 Å². The van der Waals surface area contributed by atoms with Crippen molar-refractivity contribution in [3.63, 3.8) is 0 Å². The maximum atomic E-state index is 12.3. The van der Waals surface area contributed by atoms with Gasteiger partial charge in [-0.25, -0.2) is 8.42 Å². The molecule has 0 aliphatic carbocycles. The van der Waals surface area contributed by atoms with Crippen LogP contribution in [-0.4, -0.2) is 13.5 Å². The Morgan fingerprint density at radius 2 is 1.82 bits per heavy atom. The Morgan fingerprint density at radius 3 is 2.41 bits per heavy atom. The molecule has 22 heavy (non-hydrogen) atoms. The van der Waals surface area contributed by atoms with Gasteiger partial charge < -0.3 is 5.11 Å². The highest BCUT2D eigenvalue weighted by Crippen LogP contribution is 2.23. The monoisotopic (exact) mass is 333 g/mol. The molecule has 0 radical (unpaired) electrons. The lowest BCUT2D eigenvalue weighted by atomic mass is 10.2. The van der Waals surface area contributed by atoms with Crippen LogP contribution in [0.5, 0.6) is 5.75 Å². The van der Waals surface area contributed by atoms with Crippen LogP contribution in [0, 0.1) is 11.3 Å². The number of aromatic hydroxyl groups is 1. The first-order valence-electron chi connectivity index (χ1n) is 6.29. The molecule has 2 aromatic rings. The van der Waals surface area contributed by atoms with Crippen molar-refractivity contribution in [2.75, 3.05) is 0 Å². The van der Waals surface area contributed by atoms with E-state index in [-0.39, 0.29) is 17.1 Å². The second kappa shape index (κ2) is 6.65. The van der Waals surface area contributed by atoms with Gasteiger partial charge in [0, 0.05) is 10.6 Å². The van der Waals surface area contributed by atoms with Crippen molar-refractivity contribution in [3.05, 3.63) is 69.6 Å². The number of sulfone groups is 1. The minimum atomic E-state index is -3.81. The number of allylic oxidation sites excluding steroid dienone is 1. The quantitative estimate of drug-likeness (QED) is 0.868. The second-order valence-electron chi connectivity index (χ2n) is 4.56. The number of hydrogen-bond acceptors (Lipinski definition) is 4. The smallest absolute Gasteiger partial charge is 0.192 e. The van der Waals surface area contributed by atoms with Gasteiger partial charge in [-0.2, -0.15) is 5.26 Å². The molecule has 0 heterocycles. The average Bonchev–Trinajstić information content (AvgIpc) is 2.48. The van der Waals surface area contributed by atoms with Gasteiger partial charge in [0.1, 0.15) is 16.7 Å². The first kappa shape index (κ1) is 16.1. The van der Waals surface area contributed by atoms with Crippen molar-refractivity contribution < 1.29 is 13.5 Å². The third kappa shape index (κ3) is 3.88. The molecule has 2 rings (SSSR count). The van der Waals surface area contributed by atoms with Crippen LogP contribution in [-0.2, 0) is 15.6 Å². The van der Waals surface area contributed by atoms with Crippen LogP contribution in [0.15, 0.2) is 53.4 Å². The molecule has 0 saturated heterocycles. The van der Waals surface area contributed by atoms with Gasteiger partial charge >= 0.3 is 0 Å². The molecule has 0 bridgehead atoms. The van der Waals surface area contributed by atoms with Crippen molar-refractivity contribution in [3.8, 4) is 11.8 Å². The van der Waals surface area contributed by atoms with Gasteiger partial charge in [-0.05, 0) is 29.8 Å². The Morgan fingerprint density at radius 1 is 1.18 bits per heavy atom. The lowest BCUT2D eigenvalue weighted by molar-refractivity contribution is 0.474. The fourth-order valence-corrected chi connectivity index (χ4v) is 3.18. The Kier molecular flexibility index (Phi) is 4.86. The van der Waals surface area contributed by atoms with E-state index in [1.165, 1.54) is 18.2 Å². The van der Waals surface area contributed by atoms with Crippen LogP contribution in [0.25, 0.3) is 6.08 Å². The van der Waals surface area contributed by atoms with Crippen molar-refractivity contribution in [2.24, 2.45) is 0 Å². The Balaban J connectivity index is 2.36. The number of halogens is 1. The molecule has 0 atom stereocenters. The normalized spacial score (nSPS) is 11.9. The second-order valence-corrected chi connectivity index (χ2v) is 6.96. The summed E-state index contributed by atoms with van der Waals surface area (Å²) in [4.78, 5) is -0.399. The molecule has 0 spiro atoms. The van der Waals surface area contributed by atoms with E-state index in [0.717, 1.165) is 0 Å². The minimum absolute atomic E-state index is 0.0862. The number of phenols is 1. The average molecular weight is 334 g/mol. The minimum Gasteiger partial charge on any atom is -0.507 e. The summed E-state index contributed by atoms with van der Waals surface area (Å²) in [5.41, 5.74) is 0.807. The Hall–Kier alpha value is -2.29. The summed E-state index contributed by atoms with van der Waals surface area (Å²) in [6.45, 7) is 0. The van der Waals surface area contributed by atoms with Gasteiger partial charge in [-0.1, -0.05) is 41.9 Å². The standard InChI is InChI=1S/C16H12ClNO3S/c17-14-7-5-12(6-8-14)11-22(20,21)15(10-18)9-13-3-1-2-4-16(13)19/h1-9,19H,11H2. The third-order valence-electron chi connectivity index (χ3n) is 2.94. The van der Waals surface area contributed by atoms with Crippen molar-refractivity contribution in [2.45, 2.75) is 5.75 Å². The number of benzene rings is 2. The summed E-state index contributed by atoms with van der Waals surface area (Å²) in [5.74, 6) is -0.395. The zero-order valence-electron chi connectivity index (χ0n) is 11.4. The van der Waals surface area contributed by atoms with Crippen LogP contribution in [0.3, 0.4) is 0 Å². The van der Waals surface area contributed by atoms with E-state index in [4.69, 9.17) is 16.9 Å². The zero-order valence-corrected chi connectivity index (χ0v) is 13.0. The molecular formula is C16H12ClNO3S. The van der Waals surface area contributed by atoms with Gasteiger partial charge in [0.2, 0.25) is 0 Å². The molecule has 0 saturated carbocycles. The summed E-state index contributed by atoms with van der Waals surface area (Å²) >= 11 is 5.76. The fourth-order valence-electron chi connectivity index (χ4n) is 1.82. The zero-order chi connectivity index (χ0) is 16.2. The van der Waals surface area contributed by atoms with E-state index >= 15 is 0 Å². The summed E-state index contributed by atoms with van der Waals surface area (Å²) < 4.78 is 24.7. The van der Waals surface area contributed by atoms with E-state index in [9.17, 15) is 13.5 Å². The largest absolute Gasteiger partial charge is 0.507 e. The molecule has 112 valence electrons. The molecule has 0 aromatic heterocycles. The summed E-state index contributed by atoms with van der Waals surface area (Å²) in [7, 11) is -3.81. The highest BCUT2D eigenvalue weighted by molar-refractivity contribution is 7.95. The molecule has 1 N–H and O–H groups in total. The van der Waals surface area contributed by atoms with E-state index in [2.05, 4.69) is 0 Å².